The predicted molar refractivity (Wildman–Crippen MR) is 130 cm³/mol. The quantitative estimate of drug-likeness (QED) is 0.373. The minimum atomic E-state index is -0.371. The highest BCUT2D eigenvalue weighted by atomic mass is 32.2. The van der Waals surface area contributed by atoms with Gasteiger partial charge >= 0.3 is 0 Å². The smallest absolute Gasteiger partial charge is 0.240 e. The lowest BCUT2D eigenvalue weighted by Gasteiger charge is -2.23. The number of carbonyl (C=O) groups excluding carboxylic acids is 1. The average Bonchev–Trinajstić information content (AvgIpc) is 3.55. The van der Waals surface area contributed by atoms with Gasteiger partial charge in [-0.2, -0.15) is 0 Å². The fourth-order valence-electron chi connectivity index (χ4n) is 4.09. The lowest BCUT2D eigenvalue weighted by atomic mass is 10.1. The number of amides is 1. The van der Waals surface area contributed by atoms with Gasteiger partial charge in [-0.05, 0) is 36.1 Å². The summed E-state index contributed by atoms with van der Waals surface area (Å²) in [7, 11) is 0. The molecule has 1 atom stereocenters. The Balaban J connectivity index is 1.53. The molecular weight excluding hydrogens is 430 g/mol. The number of aromatic nitrogens is 4. The van der Waals surface area contributed by atoms with E-state index in [1.54, 1.807) is 12.4 Å². The molecule has 1 aliphatic heterocycles. The van der Waals surface area contributed by atoms with Crippen LogP contribution in [-0.4, -0.2) is 43.6 Å². The fraction of sp³-hybridized carbons (Fsp3) is 0.231. The molecule has 1 fully saturated rings. The maximum Gasteiger partial charge on any atom is 0.240 e. The molecule has 1 aliphatic rings. The van der Waals surface area contributed by atoms with E-state index in [9.17, 15) is 4.79 Å². The SMILES string of the molecule is O=C([C@H](Sc1nnc(-c2cccnc2)n1Cc1ccccc1)c1ccccc1)N1CCCC1. The summed E-state index contributed by atoms with van der Waals surface area (Å²) < 4.78 is 2.09. The van der Waals surface area contributed by atoms with Crippen LogP contribution in [0.25, 0.3) is 11.4 Å². The van der Waals surface area contributed by atoms with Crippen molar-refractivity contribution in [2.45, 2.75) is 29.8 Å². The summed E-state index contributed by atoms with van der Waals surface area (Å²) in [5.41, 5.74) is 3.03. The average molecular weight is 456 g/mol. The first-order chi connectivity index (χ1) is 16.3. The second-order valence-electron chi connectivity index (χ2n) is 8.06. The Morgan fingerprint density at radius 3 is 2.33 bits per heavy atom. The molecule has 0 radical (unpaired) electrons. The van der Waals surface area contributed by atoms with E-state index in [1.165, 1.54) is 11.8 Å². The third-order valence-electron chi connectivity index (χ3n) is 5.79. The number of thioether (sulfide) groups is 1. The normalized spacial score (nSPS) is 14.4. The maximum absolute atomic E-state index is 13.5. The van der Waals surface area contributed by atoms with Gasteiger partial charge in [-0.25, -0.2) is 0 Å². The maximum atomic E-state index is 13.5. The van der Waals surface area contributed by atoms with Crippen LogP contribution in [-0.2, 0) is 11.3 Å². The molecular formula is C26H25N5OS. The number of pyridine rings is 1. The molecule has 0 aliphatic carbocycles. The minimum Gasteiger partial charge on any atom is -0.341 e. The van der Waals surface area contributed by atoms with E-state index >= 15 is 0 Å². The zero-order valence-electron chi connectivity index (χ0n) is 18.2. The Bertz CT molecular complexity index is 1190. The van der Waals surface area contributed by atoms with Crippen LogP contribution >= 0.6 is 11.8 Å². The lowest BCUT2D eigenvalue weighted by Crippen LogP contribution is -2.31. The van der Waals surface area contributed by atoms with Gasteiger partial charge in [0.2, 0.25) is 5.91 Å². The molecule has 0 spiro atoms. The second-order valence-corrected chi connectivity index (χ2v) is 9.13. The van der Waals surface area contributed by atoms with E-state index < -0.39 is 0 Å². The molecule has 0 unspecified atom stereocenters. The van der Waals surface area contributed by atoms with Gasteiger partial charge < -0.3 is 4.90 Å². The number of hydrogen-bond acceptors (Lipinski definition) is 5. The minimum absolute atomic E-state index is 0.140. The Labute approximate surface area is 197 Å². The molecule has 1 saturated heterocycles. The molecule has 166 valence electrons. The lowest BCUT2D eigenvalue weighted by molar-refractivity contribution is -0.129. The predicted octanol–water partition coefficient (Wildman–Crippen LogP) is 4.84. The number of carbonyl (C=O) groups is 1. The Morgan fingerprint density at radius 2 is 1.64 bits per heavy atom. The van der Waals surface area contributed by atoms with Crippen molar-refractivity contribution in [3.63, 3.8) is 0 Å². The van der Waals surface area contributed by atoms with Gasteiger partial charge in [0.05, 0.1) is 6.54 Å². The molecule has 6 nitrogen and oxygen atoms in total. The van der Waals surface area contributed by atoms with Crippen LogP contribution in [0.4, 0.5) is 0 Å². The molecule has 1 amide bonds. The van der Waals surface area contributed by atoms with Crippen molar-refractivity contribution in [2.75, 3.05) is 13.1 Å². The third-order valence-corrected chi connectivity index (χ3v) is 7.01. The molecule has 7 heteroatoms. The summed E-state index contributed by atoms with van der Waals surface area (Å²) in [6.07, 6.45) is 5.67. The first-order valence-corrected chi connectivity index (χ1v) is 12.1. The number of benzene rings is 2. The van der Waals surface area contributed by atoms with E-state index in [4.69, 9.17) is 0 Å². The van der Waals surface area contributed by atoms with Gasteiger partial charge in [0.15, 0.2) is 11.0 Å². The monoisotopic (exact) mass is 455 g/mol. The van der Waals surface area contributed by atoms with Crippen LogP contribution < -0.4 is 0 Å². The summed E-state index contributed by atoms with van der Waals surface area (Å²) in [5, 5.41) is 9.40. The first kappa shape index (κ1) is 21.4. The molecule has 5 rings (SSSR count). The number of hydrogen-bond donors (Lipinski definition) is 0. The first-order valence-electron chi connectivity index (χ1n) is 11.2. The van der Waals surface area contributed by atoms with E-state index in [0.29, 0.717) is 6.54 Å². The van der Waals surface area contributed by atoms with Gasteiger partial charge in [-0.15, -0.1) is 10.2 Å². The second kappa shape index (κ2) is 10.0. The fourth-order valence-corrected chi connectivity index (χ4v) is 5.21. The highest BCUT2D eigenvalue weighted by Crippen LogP contribution is 2.38. The van der Waals surface area contributed by atoms with Gasteiger partial charge in [0.25, 0.3) is 0 Å². The van der Waals surface area contributed by atoms with Gasteiger partial charge in [0, 0.05) is 31.0 Å². The number of likely N-dealkylation sites (tertiary alicyclic amines) is 1. The summed E-state index contributed by atoms with van der Waals surface area (Å²) in [5.74, 6) is 0.885. The third kappa shape index (κ3) is 4.83. The molecule has 3 heterocycles. The van der Waals surface area contributed by atoms with Crippen molar-refractivity contribution in [3.8, 4) is 11.4 Å². The Morgan fingerprint density at radius 1 is 0.909 bits per heavy atom. The van der Waals surface area contributed by atoms with Crippen LogP contribution in [0.5, 0.6) is 0 Å². The van der Waals surface area contributed by atoms with Crippen LogP contribution in [0.3, 0.4) is 0 Å². The topological polar surface area (TPSA) is 63.9 Å². The molecule has 4 aromatic rings. The highest BCUT2D eigenvalue weighted by Gasteiger charge is 2.31. The van der Waals surface area contributed by atoms with Gasteiger partial charge in [-0.1, -0.05) is 72.4 Å². The van der Waals surface area contributed by atoms with E-state index in [1.807, 2.05) is 65.6 Å². The summed E-state index contributed by atoms with van der Waals surface area (Å²) in [6, 6.07) is 24.1. The molecule has 33 heavy (non-hydrogen) atoms. The Kier molecular flexibility index (Phi) is 6.48. The molecule has 0 N–H and O–H groups in total. The van der Waals surface area contributed by atoms with Crippen LogP contribution in [0.1, 0.15) is 29.2 Å². The van der Waals surface area contributed by atoms with E-state index in [0.717, 1.165) is 53.6 Å². The van der Waals surface area contributed by atoms with E-state index in [-0.39, 0.29) is 11.2 Å². The largest absolute Gasteiger partial charge is 0.341 e. The summed E-state index contributed by atoms with van der Waals surface area (Å²) in [4.78, 5) is 19.8. The molecule has 2 aromatic carbocycles. The molecule has 2 aromatic heterocycles. The molecule has 0 saturated carbocycles. The van der Waals surface area contributed by atoms with Crippen molar-refractivity contribution in [1.82, 2.24) is 24.6 Å². The zero-order valence-corrected chi connectivity index (χ0v) is 19.1. The van der Waals surface area contributed by atoms with Gasteiger partial charge in [-0.3, -0.25) is 14.3 Å². The van der Waals surface area contributed by atoms with Crippen LogP contribution in [0.2, 0.25) is 0 Å². The van der Waals surface area contributed by atoms with Crippen LogP contribution in [0, 0.1) is 0 Å². The van der Waals surface area contributed by atoms with Gasteiger partial charge in [0.1, 0.15) is 5.25 Å². The van der Waals surface area contributed by atoms with Crippen LogP contribution in [0.15, 0.2) is 90.3 Å². The zero-order chi connectivity index (χ0) is 22.5. The van der Waals surface area contributed by atoms with Crippen molar-refractivity contribution < 1.29 is 4.79 Å². The Hall–Kier alpha value is -3.45. The highest BCUT2D eigenvalue weighted by molar-refractivity contribution is 8.00. The number of rotatable bonds is 7. The van der Waals surface area contributed by atoms with Crippen molar-refractivity contribution in [1.29, 1.82) is 0 Å². The van der Waals surface area contributed by atoms with E-state index in [2.05, 4.69) is 31.9 Å². The van der Waals surface area contributed by atoms with Crippen molar-refractivity contribution in [2.24, 2.45) is 0 Å². The standard InChI is InChI=1S/C26H25N5OS/c32-25(30-16-7-8-17-30)23(21-12-5-2-6-13-21)33-26-29-28-24(22-14-9-15-27-18-22)31(26)19-20-10-3-1-4-11-20/h1-6,9-15,18,23H,7-8,16-17,19H2/t23-/m1/s1. The van der Waals surface area contributed by atoms with Crippen molar-refractivity contribution in [3.05, 3.63) is 96.3 Å². The number of nitrogens with zero attached hydrogens (tertiary/aromatic N) is 5. The molecule has 0 bridgehead atoms. The van der Waals surface area contributed by atoms with Crippen molar-refractivity contribution >= 4 is 17.7 Å². The summed E-state index contributed by atoms with van der Waals surface area (Å²) in [6.45, 7) is 2.25. The summed E-state index contributed by atoms with van der Waals surface area (Å²) >= 11 is 1.48.